The number of hydrogen-bond donors (Lipinski definition) is 1. The Labute approximate surface area is 55.0 Å². The molecule has 1 N–H and O–H groups in total. The van der Waals surface area contributed by atoms with Crippen molar-refractivity contribution in [1.29, 1.82) is 0 Å². The molecule has 0 saturated carbocycles. The van der Waals surface area contributed by atoms with Gasteiger partial charge in [-0.15, -0.1) is 0 Å². The molecule has 0 amide bonds. The van der Waals surface area contributed by atoms with Gasteiger partial charge in [-0.2, -0.15) is 8.42 Å². The molecular formula is C4H10NO3S. The largest absolute Gasteiger partial charge is 0.284 e. The van der Waals surface area contributed by atoms with Crippen molar-refractivity contribution in [1.82, 2.24) is 5.32 Å². The third-order valence-electron chi connectivity index (χ3n) is 0.871. The summed E-state index contributed by atoms with van der Waals surface area (Å²) in [6, 6.07) is 0. The quantitative estimate of drug-likeness (QED) is 0.571. The summed E-state index contributed by atoms with van der Waals surface area (Å²) in [5.74, 6) is 0. The predicted octanol–water partition coefficient (Wildman–Crippen LogP) is -0.155. The fourth-order valence-electron chi connectivity index (χ4n) is 0.351. The van der Waals surface area contributed by atoms with Gasteiger partial charge in [0.1, 0.15) is 5.37 Å². The maximum Gasteiger partial charge on any atom is 0.282 e. The van der Waals surface area contributed by atoms with Crippen LogP contribution in [0.4, 0.5) is 0 Å². The molecule has 55 valence electrons. The second kappa shape index (κ2) is 3.14. The Morgan fingerprint density at radius 3 is 2.22 bits per heavy atom. The van der Waals surface area contributed by atoms with Crippen molar-refractivity contribution in [2.45, 2.75) is 19.2 Å². The molecule has 0 aliphatic carbocycles. The van der Waals surface area contributed by atoms with Gasteiger partial charge >= 0.3 is 0 Å². The number of hydrogen-bond acceptors (Lipinski definition) is 2. The molecule has 0 aromatic carbocycles. The lowest BCUT2D eigenvalue weighted by Gasteiger charge is -2.04. The van der Waals surface area contributed by atoms with Crippen LogP contribution < -0.4 is 5.32 Å². The molecule has 4 nitrogen and oxygen atoms in total. The maximum atomic E-state index is 10.2. The van der Waals surface area contributed by atoms with Crippen LogP contribution >= 0.6 is 0 Å². The first-order valence-corrected chi connectivity index (χ1v) is 4.11. The third kappa shape index (κ3) is 3.45. The molecule has 0 aliphatic heterocycles. The van der Waals surface area contributed by atoms with Crippen LogP contribution in [0.15, 0.2) is 0 Å². The van der Waals surface area contributed by atoms with E-state index in [9.17, 15) is 8.42 Å². The predicted molar refractivity (Wildman–Crippen MR) is 33.7 cm³/mol. The summed E-state index contributed by atoms with van der Waals surface area (Å²) < 4.78 is 28.7. The molecule has 1 unspecified atom stereocenters. The smallest absolute Gasteiger partial charge is 0.282 e. The highest BCUT2D eigenvalue weighted by molar-refractivity contribution is 7.86. The summed E-state index contributed by atoms with van der Waals surface area (Å²) in [6.07, 6.45) is 0. The standard InChI is InChI=1S/C4H10NO3S/c1-3-5-4(2)9(6,7)8/h4H,3H2,1-2H3,(H,6,7,8). The lowest BCUT2D eigenvalue weighted by Crippen LogP contribution is -2.27. The van der Waals surface area contributed by atoms with Crippen molar-refractivity contribution in [3.63, 3.8) is 0 Å². The Morgan fingerprint density at radius 1 is 1.67 bits per heavy atom. The van der Waals surface area contributed by atoms with Gasteiger partial charge < -0.3 is 0 Å². The molecule has 0 bridgehead atoms. The Kier molecular flexibility index (Phi) is 3.10. The SMILES string of the molecule is CC[N]C(C)S(=O)(=O)O. The molecular weight excluding hydrogens is 142 g/mol. The molecule has 0 fully saturated rings. The zero-order valence-electron chi connectivity index (χ0n) is 5.40. The molecule has 1 atom stereocenters. The third-order valence-corrected chi connectivity index (χ3v) is 1.88. The Balaban J connectivity index is 3.90. The molecule has 0 rings (SSSR count). The fourth-order valence-corrected chi connectivity index (χ4v) is 0.689. The highest BCUT2D eigenvalue weighted by Crippen LogP contribution is 1.92. The van der Waals surface area contributed by atoms with E-state index in [1.807, 2.05) is 0 Å². The number of nitrogens with zero attached hydrogens (tertiary/aromatic N) is 1. The molecule has 0 aliphatic rings. The molecule has 0 aromatic rings. The summed E-state index contributed by atoms with van der Waals surface area (Å²) in [4.78, 5) is 0. The van der Waals surface area contributed by atoms with E-state index in [0.717, 1.165) is 0 Å². The van der Waals surface area contributed by atoms with Crippen LogP contribution in [0.5, 0.6) is 0 Å². The Hall–Kier alpha value is -0.130. The summed E-state index contributed by atoms with van der Waals surface area (Å²) in [5, 5.41) is 2.57. The highest BCUT2D eigenvalue weighted by Gasteiger charge is 2.15. The summed E-state index contributed by atoms with van der Waals surface area (Å²) in [6.45, 7) is 3.45. The van der Waals surface area contributed by atoms with Gasteiger partial charge in [-0.1, -0.05) is 6.92 Å². The van der Waals surface area contributed by atoms with Gasteiger partial charge in [0, 0.05) is 6.54 Å². The van der Waals surface area contributed by atoms with Gasteiger partial charge in [0.05, 0.1) is 0 Å². The summed E-state index contributed by atoms with van der Waals surface area (Å²) >= 11 is 0. The minimum absolute atomic E-state index is 0.404. The second-order valence-corrected chi connectivity index (χ2v) is 3.33. The zero-order chi connectivity index (χ0) is 7.49. The lowest BCUT2D eigenvalue weighted by molar-refractivity contribution is 0.456. The van der Waals surface area contributed by atoms with E-state index in [-0.39, 0.29) is 0 Å². The van der Waals surface area contributed by atoms with Crippen molar-refractivity contribution in [3.05, 3.63) is 0 Å². The maximum absolute atomic E-state index is 10.2. The van der Waals surface area contributed by atoms with Crippen LogP contribution in [-0.4, -0.2) is 24.9 Å². The molecule has 0 aromatic heterocycles. The normalized spacial score (nSPS) is 15.4. The molecule has 0 spiro atoms. The second-order valence-electron chi connectivity index (χ2n) is 1.61. The molecule has 1 radical (unpaired) electrons. The van der Waals surface area contributed by atoms with Crippen LogP contribution in [-0.2, 0) is 10.1 Å². The minimum Gasteiger partial charge on any atom is -0.284 e. The van der Waals surface area contributed by atoms with E-state index >= 15 is 0 Å². The van der Waals surface area contributed by atoms with Gasteiger partial charge in [0.15, 0.2) is 0 Å². The van der Waals surface area contributed by atoms with Gasteiger partial charge in [0.25, 0.3) is 10.1 Å². The van der Waals surface area contributed by atoms with Crippen molar-refractivity contribution in [2.75, 3.05) is 6.54 Å². The van der Waals surface area contributed by atoms with E-state index in [1.54, 1.807) is 6.92 Å². The van der Waals surface area contributed by atoms with Gasteiger partial charge in [0.2, 0.25) is 0 Å². The summed E-state index contributed by atoms with van der Waals surface area (Å²) in [7, 11) is -3.93. The first-order chi connectivity index (χ1) is 3.98. The van der Waals surface area contributed by atoms with Crippen LogP contribution in [0, 0.1) is 0 Å². The van der Waals surface area contributed by atoms with Crippen LogP contribution in [0.2, 0.25) is 0 Å². The molecule has 0 heterocycles. The van der Waals surface area contributed by atoms with E-state index < -0.39 is 15.5 Å². The minimum atomic E-state index is -3.93. The van der Waals surface area contributed by atoms with Crippen LogP contribution in [0.1, 0.15) is 13.8 Å². The van der Waals surface area contributed by atoms with Crippen LogP contribution in [0.25, 0.3) is 0 Å². The fraction of sp³-hybridized carbons (Fsp3) is 1.00. The van der Waals surface area contributed by atoms with Crippen molar-refractivity contribution in [2.24, 2.45) is 0 Å². The van der Waals surface area contributed by atoms with E-state index in [0.29, 0.717) is 6.54 Å². The first-order valence-electron chi connectivity index (χ1n) is 2.61. The topological polar surface area (TPSA) is 68.5 Å². The van der Waals surface area contributed by atoms with E-state index in [4.69, 9.17) is 4.55 Å². The van der Waals surface area contributed by atoms with E-state index in [2.05, 4.69) is 5.32 Å². The van der Waals surface area contributed by atoms with Gasteiger partial charge in [-0.3, -0.25) is 4.55 Å². The Morgan fingerprint density at radius 2 is 2.11 bits per heavy atom. The van der Waals surface area contributed by atoms with Crippen molar-refractivity contribution in [3.8, 4) is 0 Å². The average Bonchev–Trinajstić information content (AvgIpc) is 1.64. The highest BCUT2D eigenvalue weighted by atomic mass is 32.2. The summed E-state index contributed by atoms with van der Waals surface area (Å²) in [5.41, 5.74) is 0. The molecule has 0 saturated heterocycles. The zero-order valence-corrected chi connectivity index (χ0v) is 6.22. The Bertz CT molecular complexity index is 163. The van der Waals surface area contributed by atoms with Crippen molar-refractivity contribution >= 4 is 10.1 Å². The molecule has 5 heteroatoms. The average molecular weight is 152 g/mol. The number of rotatable bonds is 3. The monoisotopic (exact) mass is 152 g/mol. The molecule has 9 heavy (non-hydrogen) atoms. The van der Waals surface area contributed by atoms with E-state index in [1.165, 1.54) is 6.92 Å². The van der Waals surface area contributed by atoms with Gasteiger partial charge in [-0.25, -0.2) is 5.32 Å². The van der Waals surface area contributed by atoms with Crippen LogP contribution in [0.3, 0.4) is 0 Å². The lowest BCUT2D eigenvalue weighted by atomic mass is 10.7. The van der Waals surface area contributed by atoms with Gasteiger partial charge in [-0.05, 0) is 6.92 Å². The first kappa shape index (κ1) is 8.87. The van der Waals surface area contributed by atoms with Crippen molar-refractivity contribution < 1.29 is 13.0 Å².